The lowest BCUT2D eigenvalue weighted by molar-refractivity contribution is 0.0664. The van der Waals surface area contributed by atoms with Crippen molar-refractivity contribution in [2.45, 2.75) is 24.8 Å². The summed E-state index contributed by atoms with van der Waals surface area (Å²) < 4.78 is 33.7. The van der Waals surface area contributed by atoms with E-state index in [1.165, 1.54) is 17.2 Å². The number of amides is 1. The molecule has 1 aliphatic heterocycles. The van der Waals surface area contributed by atoms with Crippen molar-refractivity contribution in [2.75, 3.05) is 27.3 Å². The van der Waals surface area contributed by atoms with Crippen molar-refractivity contribution in [3.05, 3.63) is 63.1 Å². The van der Waals surface area contributed by atoms with Gasteiger partial charge in [-0.15, -0.1) is 0 Å². The van der Waals surface area contributed by atoms with Gasteiger partial charge in [-0.2, -0.15) is 0 Å². The number of nitrogens with zero attached hydrogens (tertiary/aromatic N) is 2. The summed E-state index contributed by atoms with van der Waals surface area (Å²) in [4.78, 5) is 39.6. The number of hydrogen-bond donors (Lipinski definition) is 1. The number of rotatable bonds is 6. The van der Waals surface area contributed by atoms with Crippen molar-refractivity contribution < 1.29 is 28.2 Å². The van der Waals surface area contributed by atoms with Crippen molar-refractivity contribution in [3.63, 3.8) is 0 Å². The number of methoxy groups -OCH3 is 1. The molecule has 1 N–H and O–H groups in total. The third-order valence-corrected chi connectivity index (χ3v) is 6.23. The van der Waals surface area contributed by atoms with Crippen LogP contribution in [0.25, 0.3) is 0 Å². The molecule has 1 fully saturated rings. The van der Waals surface area contributed by atoms with Crippen LogP contribution in [0.1, 0.15) is 39.3 Å². The van der Waals surface area contributed by atoms with Crippen LogP contribution in [0.3, 0.4) is 0 Å². The quantitative estimate of drug-likeness (QED) is 0.707. The van der Waals surface area contributed by atoms with Crippen LogP contribution in [-0.4, -0.2) is 53.6 Å². The van der Waals surface area contributed by atoms with E-state index in [0.717, 1.165) is 12.1 Å². The number of aromatic hydroxyl groups is 1. The predicted molar refractivity (Wildman–Crippen MR) is 106 cm³/mol. The van der Waals surface area contributed by atoms with Crippen LogP contribution in [0.15, 0.2) is 29.2 Å². The van der Waals surface area contributed by atoms with E-state index in [1.54, 1.807) is 18.7 Å². The van der Waals surface area contributed by atoms with Crippen LogP contribution in [0.4, 0.5) is 8.78 Å². The van der Waals surface area contributed by atoms with Crippen LogP contribution < -0.4 is 5.43 Å². The molecule has 1 aromatic carbocycles. The molecular weight excluding hydrogens is 410 g/mol. The van der Waals surface area contributed by atoms with Crippen molar-refractivity contribution in [3.8, 4) is 5.75 Å². The summed E-state index contributed by atoms with van der Waals surface area (Å²) in [6, 6.07) is 3.07. The Morgan fingerprint density at radius 1 is 1.32 bits per heavy atom. The number of aromatic nitrogens is 1. The van der Waals surface area contributed by atoms with E-state index < -0.39 is 40.0 Å². The summed E-state index contributed by atoms with van der Waals surface area (Å²) in [5.74, 6) is -3.30. The third-order valence-electron chi connectivity index (χ3n) is 6.23. The molecule has 9 heteroatoms. The molecule has 7 nitrogen and oxygen atoms in total. The summed E-state index contributed by atoms with van der Waals surface area (Å²) >= 11 is 0. The lowest BCUT2D eigenvalue weighted by atomic mass is 10.00. The van der Waals surface area contributed by atoms with Gasteiger partial charge in [-0.3, -0.25) is 14.4 Å². The second-order valence-electron chi connectivity index (χ2n) is 8.22. The number of aryl methyl sites for hydroxylation is 1. The molecule has 2 aromatic rings. The molecule has 1 spiro atoms. The average molecular weight is 432 g/mol. The Labute approximate surface area is 176 Å². The van der Waals surface area contributed by atoms with Crippen LogP contribution >= 0.6 is 0 Å². The first-order valence-corrected chi connectivity index (χ1v) is 9.90. The molecule has 164 valence electrons. The fourth-order valence-electron chi connectivity index (χ4n) is 4.47. The lowest BCUT2D eigenvalue weighted by Crippen LogP contribution is -2.48. The minimum absolute atomic E-state index is 0.0357. The normalized spacial score (nSPS) is 22.0. The molecule has 31 heavy (non-hydrogen) atoms. The minimum atomic E-state index is -0.932. The highest BCUT2D eigenvalue weighted by Gasteiger charge is 2.60. The predicted octanol–water partition coefficient (Wildman–Crippen LogP) is 2.09. The Morgan fingerprint density at radius 3 is 2.74 bits per heavy atom. The first kappa shape index (κ1) is 21.2. The Bertz CT molecular complexity index is 1150. The van der Waals surface area contributed by atoms with E-state index in [2.05, 4.69) is 0 Å². The van der Waals surface area contributed by atoms with Crippen LogP contribution in [0, 0.1) is 17.6 Å². The molecule has 1 saturated carbocycles. The standard InChI is InChI=1S/C22H22F2N2O5/c1-25-11-22(8-13(22)10-31-2)26-9-15(19(28)20(29)18(26)21(25)30)17(27)6-4-12-3-5-14(23)7-16(12)24/h3,5,7,9,13,29H,4,6,8,10-11H2,1-2H3/t13-,22-/m1/s1. The molecule has 1 amide bonds. The fraction of sp³-hybridized carbons (Fsp3) is 0.409. The van der Waals surface area contributed by atoms with Gasteiger partial charge in [0.05, 0.1) is 17.7 Å². The second-order valence-corrected chi connectivity index (χ2v) is 8.22. The maximum atomic E-state index is 13.9. The Hall–Kier alpha value is -3.07. The van der Waals surface area contributed by atoms with Crippen molar-refractivity contribution in [1.29, 1.82) is 0 Å². The summed E-state index contributed by atoms with van der Waals surface area (Å²) in [5.41, 5.74) is -1.75. The summed E-state index contributed by atoms with van der Waals surface area (Å²) in [7, 11) is 3.16. The molecule has 2 aliphatic rings. The molecule has 0 saturated heterocycles. The summed E-state index contributed by atoms with van der Waals surface area (Å²) in [5, 5.41) is 10.5. The molecule has 1 aromatic heterocycles. The van der Waals surface area contributed by atoms with Crippen LogP contribution in [0.2, 0.25) is 0 Å². The number of Topliss-reactive ketones (excluding diaryl/α,β-unsaturated/α-hetero) is 1. The average Bonchev–Trinajstić information content (AvgIpc) is 3.40. The largest absolute Gasteiger partial charge is 0.503 e. The van der Waals surface area contributed by atoms with E-state index in [-0.39, 0.29) is 35.6 Å². The van der Waals surface area contributed by atoms with E-state index >= 15 is 0 Å². The van der Waals surface area contributed by atoms with Gasteiger partial charge in [0.15, 0.2) is 17.2 Å². The number of ether oxygens (including phenoxy) is 1. The maximum Gasteiger partial charge on any atom is 0.274 e. The fourth-order valence-corrected chi connectivity index (χ4v) is 4.47. The number of halogens is 2. The highest BCUT2D eigenvalue weighted by atomic mass is 19.1. The topological polar surface area (TPSA) is 88.8 Å². The molecule has 2 atom stereocenters. The number of carbonyl (C=O) groups excluding carboxylic acids is 2. The highest BCUT2D eigenvalue weighted by Crippen LogP contribution is 2.53. The number of pyridine rings is 1. The third kappa shape index (κ3) is 3.42. The molecule has 4 rings (SSSR count). The summed E-state index contributed by atoms with van der Waals surface area (Å²) in [6.45, 7) is 0.797. The van der Waals surface area contributed by atoms with Gasteiger partial charge in [-0.25, -0.2) is 8.78 Å². The monoisotopic (exact) mass is 432 g/mol. The van der Waals surface area contributed by atoms with Crippen molar-refractivity contribution in [1.82, 2.24) is 9.47 Å². The molecule has 2 heterocycles. The Balaban J connectivity index is 1.69. The van der Waals surface area contributed by atoms with Crippen molar-refractivity contribution in [2.24, 2.45) is 5.92 Å². The van der Waals surface area contributed by atoms with Gasteiger partial charge in [0, 0.05) is 45.3 Å². The van der Waals surface area contributed by atoms with E-state index in [4.69, 9.17) is 4.74 Å². The Kier molecular flexibility index (Phi) is 5.17. The number of ketones is 1. The second kappa shape index (κ2) is 7.56. The first-order valence-electron chi connectivity index (χ1n) is 9.90. The van der Waals surface area contributed by atoms with Crippen LogP contribution in [0.5, 0.6) is 5.75 Å². The van der Waals surface area contributed by atoms with Gasteiger partial charge < -0.3 is 19.3 Å². The van der Waals surface area contributed by atoms with Gasteiger partial charge >= 0.3 is 0 Å². The number of likely N-dealkylation sites (N-methyl/N-ethyl adjacent to an activating group) is 1. The number of benzene rings is 1. The zero-order chi connectivity index (χ0) is 22.5. The smallest absolute Gasteiger partial charge is 0.274 e. The van der Waals surface area contributed by atoms with Gasteiger partial charge in [0.2, 0.25) is 5.43 Å². The van der Waals surface area contributed by atoms with Gasteiger partial charge in [0.1, 0.15) is 11.6 Å². The molecular formula is C22H22F2N2O5. The first-order chi connectivity index (χ1) is 14.7. The van der Waals surface area contributed by atoms with E-state index in [9.17, 15) is 28.3 Å². The zero-order valence-corrected chi connectivity index (χ0v) is 17.2. The van der Waals surface area contributed by atoms with Gasteiger partial charge in [-0.1, -0.05) is 6.07 Å². The van der Waals surface area contributed by atoms with Gasteiger partial charge in [-0.05, 0) is 24.5 Å². The minimum Gasteiger partial charge on any atom is -0.503 e. The van der Waals surface area contributed by atoms with E-state index in [0.29, 0.717) is 19.6 Å². The lowest BCUT2D eigenvalue weighted by Gasteiger charge is -2.35. The van der Waals surface area contributed by atoms with Crippen LogP contribution in [-0.2, 0) is 16.7 Å². The van der Waals surface area contributed by atoms with Gasteiger partial charge in [0.25, 0.3) is 5.91 Å². The van der Waals surface area contributed by atoms with E-state index in [1.807, 2.05) is 0 Å². The number of hydrogen-bond acceptors (Lipinski definition) is 5. The maximum absolute atomic E-state index is 13.9. The molecule has 0 bridgehead atoms. The molecule has 0 unspecified atom stereocenters. The Morgan fingerprint density at radius 2 is 2.06 bits per heavy atom. The number of carbonyl (C=O) groups is 2. The highest BCUT2D eigenvalue weighted by molar-refractivity contribution is 6.00. The summed E-state index contributed by atoms with van der Waals surface area (Å²) in [6.07, 6.45) is 1.76. The zero-order valence-electron chi connectivity index (χ0n) is 17.2. The number of fused-ring (bicyclic) bond motifs is 2. The molecule has 0 radical (unpaired) electrons. The SMILES string of the molecule is COC[C@H]1C[C@@]12CN(C)C(=O)c1c(O)c(=O)c(C(=O)CCc3ccc(F)cc3F)cn12. The molecule has 1 aliphatic carbocycles. The van der Waals surface area contributed by atoms with Crippen molar-refractivity contribution >= 4 is 11.7 Å².